The van der Waals surface area contributed by atoms with E-state index < -0.39 is 17.7 Å². The van der Waals surface area contributed by atoms with E-state index in [4.69, 9.17) is 0 Å². The first kappa shape index (κ1) is 10.6. The third kappa shape index (κ3) is 2.19. The Morgan fingerprint density at radius 1 is 1.47 bits per heavy atom. The van der Waals surface area contributed by atoms with Gasteiger partial charge in [0.05, 0.1) is 0 Å². The third-order valence-corrected chi connectivity index (χ3v) is 3.17. The second-order valence-corrected chi connectivity index (χ2v) is 4.78. The number of hydrogen-bond acceptors (Lipinski definition) is 1. The predicted molar refractivity (Wildman–Crippen MR) is 52.6 cm³/mol. The number of alkyl halides is 2. The van der Waals surface area contributed by atoms with Crippen molar-refractivity contribution in [3.05, 3.63) is 12.2 Å². The number of carbonyl (C=O) groups is 1. The fraction of sp³-hybridized carbons (Fsp3) is 0.727. The maximum absolute atomic E-state index is 12.7. The summed E-state index contributed by atoms with van der Waals surface area (Å²) >= 11 is 0. The lowest BCUT2D eigenvalue weighted by atomic mass is 9.87. The number of carbonyl (C=O) groups excluding carboxylic acids is 1. The fourth-order valence-electron chi connectivity index (χ4n) is 1.96. The zero-order valence-corrected chi connectivity index (χ0v) is 8.72. The van der Waals surface area contributed by atoms with Crippen molar-refractivity contribution in [2.75, 3.05) is 0 Å². The second-order valence-electron chi connectivity index (χ2n) is 4.78. The van der Waals surface area contributed by atoms with Crippen LogP contribution in [-0.4, -0.2) is 17.4 Å². The summed E-state index contributed by atoms with van der Waals surface area (Å²) < 4.78 is 25.3. The van der Waals surface area contributed by atoms with E-state index in [0.29, 0.717) is 0 Å². The molecule has 0 aromatic rings. The van der Waals surface area contributed by atoms with E-state index in [1.165, 1.54) is 0 Å². The topological polar surface area (TPSA) is 29.1 Å². The molecule has 0 unspecified atom stereocenters. The SMILES string of the molecule is C[C@]1(NC(=O)[C@H]2CC2(F)F)CC=CCC1. The Morgan fingerprint density at radius 2 is 2.13 bits per heavy atom. The van der Waals surface area contributed by atoms with Gasteiger partial charge < -0.3 is 5.32 Å². The van der Waals surface area contributed by atoms with Crippen LogP contribution in [-0.2, 0) is 4.79 Å². The van der Waals surface area contributed by atoms with Crippen molar-refractivity contribution in [3.8, 4) is 0 Å². The van der Waals surface area contributed by atoms with Crippen LogP contribution in [0.2, 0.25) is 0 Å². The molecule has 15 heavy (non-hydrogen) atoms. The Labute approximate surface area is 87.7 Å². The summed E-state index contributed by atoms with van der Waals surface area (Å²) in [6, 6.07) is 0. The highest BCUT2D eigenvalue weighted by molar-refractivity contribution is 5.83. The van der Waals surface area contributed by atoms with Crippen LogP contribution >= 0.6 is 0 Å². The van der Waals surface area contributed by atoms with E-state index in [0.717, 1.165) is 19.3 Å². The maximum Gasteiger partial charge on any atom is 0.260 e. The van der Waals surface area contributed by atoms with Gasteiger partial charge in [-0.1, -0.05) is 12.2 Å². The van der Waals surface area contributed by atoms with Crippen LogP contribution in [0.15, 0.2) is 12.2 Å². The van der Waals surface area contributed by atoms with E-state index in [-0.39, 0.29) is 12.0 Å². The molecule has 0 saturated heterocycles. The summed E-state index contributed by atoms with van der Waals surface area (Å²) in [7, 11) is 0. The molecule has 0 aromatic heterocycles. The van der Waals surface area contributed by atoms with Gasteiger partial charge in [-0.3, -0.25) is 4.79 Å². The molecule has 4 heteroatoms. The highest BCUT2D eigenvalue weighted by atomic mass is 19.3. The summed E-state index contributed by atoms with van der Waals surface area (Å²) in [5, 5.41) is 2.74. The van der Waals surface area contributed by atoms with Crippen LogP contribution in [0.1, 0.15) is 32.6 Å². The molecular formula is C11H15F2NO. The van der Waals surface area contributed by atoms with Crippen molar-refractivity contribution in [1.29, 1.82) is 0 Å². The highest BCUT2D eigenvalue weighted by Gasteiger charge is 2.61. The Kier molecular flexibility index (Phi) is 2.32. The zero-order valence-electron chi connectivity index (χ0n) is 8.72. The first-order valence-electron chi connectivity index (χ1n) is 5.28. The molecule has 84 valence electrons. The van der Waals surface area contributed by atoms with Gasteiger partial charge >= 0.3 is 0 Å². The lowest BCUT2D eigenvalue weighted by Gasteiger charge is -2.32. The fourth-order valence-corrected chi connectivity index (χ4v) is 1.96. The number of nitrogens with one attached hydrogen (secondary N) is 1. The van der Waals surface area contributed by atoms with Crippen LogP contribution in [0.25, 0.3) is 0 Å². The van der Waals surface area contributed by atoms with Gasteiger partial charge in [-0.15, -0.1) is 0 Å². The molecule has 0 heterocycles. The number of allylic oxidation sites excluding steroid dienone is 1. The molecule has 2 nitrogen and oxygen atoms in total. The molecule has 2 rings (SSSR count). The monoisotopic (exact) mass is 215 g/mol. The minimum atomic E-state index is -2.76. The summed E-state index contributed by atoms with van der Waals surface area (Å²) in [5.41, 5.74) is -0.329. The molecule has 0 radical (unpaired) electrons. The highest BCUT2D eigenvalue weighted by Crippen LogP contribution is 2.49. The summed E-state index contributed by atoms with van der Waals surface area (Å²) in [6.45, 7) is 1.91. The van der Waals surface area contributed by atoms with Crippen molar-refractivity contribution in [3.63, 3.8) is 0 Å². The van der Waals surface area contributed by atoms with Crippen LogP contribution in [0, 0.1) is 5.92 Å². The van der Waals surface area contributed by atoms with Gasteiger partial charge in [0, 0.05) is 12.0 Å². The Hall–Kier alpha value is -0.930. The first-order valence-corrected chi connectivity index (χ1v) is 5.28. The minimum absolute atomic E-state index is 0.287. The van der Waals surface area contributed by atoms with Crippen molar-refractivity contribution in [2.45, 2.75) is 44.1 Å². The van der Waals surface area contributed by atoms with Crippen molar-refractivity contribution >= 4 is 5.91 Å². The van der Waals surface area contributed by atoms with Gasteiger partial charge in [0.15, 0.2) is 0 Å². The van der Waals surface area contributed by atoms with Gasteiger partial charge in [0.2, 0.25) is 5.91 Å². The molecule has 2 atom stereocenters. The second kappa shape index (κ2) is 3.29. The largest absolute Gasteiger partial charge is 0.350 e. The standard InChI is InChI=1S/C11H15F2NO/c1-10(5-3-2-4-6-10)14-9(15)8-7-11(8,12)13/h2-3,8H,4-7H2,1H3,(H,14,15)/t8-,10+/m1/s1. The molecular weight excluding hydrogens is 200 g/mol. The molecule has 0 aromatic carbocycles. The number of hydrogen-bond donors (Lipinski definition) is 1. The van der Waals surface area contributed by atoms with E-state index >= 15 is 0 Å². The molecule has 2 aliphatic rings. The first-order chi connectivity index (χ1) is 6.93. The van der Waals surface area contributed by atoms with Crippen LogP contribution in [0.5, 0.6) is 0 Å². The van der Waals surface area contributed by atoms with Crippen molar-refractivity contribution in [2.24, 2.45) is 5.92 Å². The van der Waals surface area contributed by atoms with Gasteiger partial charge in [-0.2, -0.15) is 0 Å². The van der Waals surface area contributed by atoms with Crippen molar-refractivity contribution < 1.29 is 13.6 Å². The number of amides is 1. The minimum Gasteiger partial charge on any atom is -0.350 e. The number of rotatable bonds is 2. The number of halogens is 2. The van der Waals surface area contributed by atoms with Gasteiger partial charge in [0.25, 0.3) is 5.92 Å². The molecule has 1 fully saturated rings. The molecule has 0 spiro atoms. The lowest BCUT2D eigenvalue weighted by Crippen LogP contribution is -2.47. The van der Waals surface area contributed by atoms with Gasteiger partial charge in [-0.25, -0.2) is 8.78 Å². The average Bonchev–Trinajstić information content (AvgIpc) is 2.76. The quantitative estimate of drug-likeness (QED) is 0.703. The molecule has 2 aliphatic carbocycles. The Balaban J connectivity index is 1.92. The van der Waals surface area contributed by atoms with Crippen LogP contribution in [0.4, 0.5) is 8.78 Å². The molecule has 0 aliphatic heterocycles. The van der Waals surface area contributed by atoms with E-state index in [1.54, 1.807) is 0 Å². The summed E-state index contributed by atoms with van der Waals surface area (Å²) in [6.07, 6.45) is 6.22. The molecule has 1 saturated carbocycles. The van der Waals surface area contributed by atoms with Crippen LogP contribution in [0.3, 0.4) is 0 Å². The molecule has 1 amide bonds. The molecule has 1 N–H and O–H groups in total. The Morgan fingerprint density at radius 3 is 2.60 bits per heavy atom. The molecule has 0 bridgehead atoms. The lowest BCUT2D eigenvalue weighted by molar-refractivity contribution is -0.126. The van der Waals surface area contributed by atoms with E-state index in [1.807, 2.05) is 13.0 Å². The van der Waals surface area contributed by atoms with Gasteiger partial charge in [0.1, 0.15) is 5.92 Å². The normalized spacial score (nSPS) is 37.4. The smallest absolute Gasteiger partial charge is 0.260 e. The Bertz CT molecular complexity index is 314. The third-order valence-electron chi connectivity index (χ3n) is 3.17. The summed E-state index contributed by atoms with van der Waals surface area (Å²) in [4.78, 5) is 11.5. The van der Waals surface area contributed by atoms with E-state index in [2.05, 4.69) is 11.4 Å². The van der Waals surface area contributed by atoms with Crippen LogP contribution < -0.4 is 5.32 Å². The van der Waals surface area contributed by atoms with Crippen molar-refractivity contribution in [1.82, 2.24) is 5.32 Å². The zero-order chi connectivity index (χ0) is 11.1. The summed E-state index contributed by atoms with van der Waals surface area (Å²) in [5.74, 6) is -4.33. The predicted octanol–water partition coefficient (Wildman–Crippen LogP) is 2.26. The maximum atomic E-state index is 12.7. The van der Waals surface area contributed by atoms with Gasteiger partial charge in [-0.05, 0) is 26.2 Å². The van der Waals surface area contributed by atoms with E-state index in [9.17, 15) is 13.6 Å². The average molecular weight is 215 g/mol.